The molecule has 7 nitrogen and oxygen atoms in total. The van der Waals surface area contributed by atoms with Gasteiger partial charge in [0.2, 0.25) is 5.91 Å². The van der Waals surface area contributed by atoms with Crippen LogP contribution in [-0.2, 0) is 17.9 Å². The van der Waals surface area contributed by atoms with Crippen molar-refractivity contribution in [2.45, 2.75) is 44.9 Å². The van der Waals surface area contributed by atoms with Crippen LogP contribution in [0.5, 0.6) is 0 Å². The highest BCUT2D eigenvalue weighted by Gasteiger charge is 2.55. The fourth-order valence-electron chi connectivity index (χ4n) is 5.48. The number of carbonyl (C=O) groups is 1. The quantitative estimate of drug-likeness (QED) is 0.696. The van der Waals surface area contributed by atoms with E-state index in [0.717, 1.165) is 11.3 Å². The second kappa shape index (κ2) is 8.64. The highest BCUT2D eigenvalue weighted by Crippen LogP contribution is 2.49. The number of aromatic nitrogens is 2. The Morgan fingerprint density at radius 1 is 1.31 bits per heavy atom. The highest BCUT2D eigenvalue weighted by molar-refractivity contribution is 5.83. The van der Waals surface area contributed by atoms with Gasteiger partial charge in [0, 0.05) is 61.7 Å². The van der Waals surface area contributed by atoms with Crippen molar-refractivity contribution in [3.8, 4) is 0 Å². The van der Waals surface area contributed by atoms with E-state index in [1.54, 1.807) is 6.20 Å². The van der Waals surface area contributed by atoms with Crippen molar-refractivity contribution in [1.82, 2.24) is 19.8 Å². The first-order valence-corrected chi connectivity index (χ1v) is 11.5. The topological polar surface area (TPSA) is 87.5 Å². The number of nitrogens with zero attached hydrogens (tertiary/aromatic N) is 3. The van der Waals surface area contributed by atoms with E-state index in [4.69, 9.17) is 0 Å². The first kappa shape index (κ1) is 21.1. The van der Waals surface area contributed by atoms with Crippen molar-refractivity contribution in [2.75, 3.05) is 13.2 Å². The van der Waals surface area contributed by atoms with Gasteiger partial charge in [-0.15, -0.1) is 0 Å². The minimum absolute atomic E-state index is 0.00176. The van der Waals surface area contributed by atoms with Gasteiger partial charge in [0.05, 0.1) is 12.1 Å². The summed E-state index contributed by atoms with van der Waals surface area (Å²) in [5, 5.41) is 13.5. The van der Waals surface area contributed by atoms with Crippen LogP contribution in [0.15, 0.2) is 47.5 Å². The molecule has 0 aromatic carbocycles. The summed E-state index contributed by atoms with van der Waals surface area (Å²) in [6.45, 7) is 3.57. The summed E-state index contributed by atoms with van der Waals surface area (Å²) in [4.78, 5) is 32.8. The van der Waals surface area contributed by atoms with E-state index in [1.807, 2.05) is 54.1 Å². The third-order valence-corrected chi connectivity index (χ3v) is 7.19. The Morgan fingerprint density at radius 2 is 2.16 bits per heavy atom. The smallest absolute Gasteiger partial charge is 0.258 e. The van der Waals surface area contributed by atoms with Gasteiger partial charge in [0.15, 0.2) is 0 Å². The van der Waals surface area contributed by atoms with Crippen LogP contribution < -0.4 is 10.9 Å². The van der Waals surface area contributed by atoms with Gasteiger partial charge in [-0.25, -0.2) is 0 Å². The largest absolute Gasteiger partial charge is 0.396 e. The molecule has 4 heterocycles. The third-order valence-electron chi connectivity index (χ3n) is 7.19. The summed E-state index contributed by atoms with van der Waals surface area (Å²) in [6.07, 6.45) is 9.59. The third kappa shape index (κ3) is 3.69. The molecule has 2 N–H and O–H groups in total. The van der Waals surface area contributed by atoms with Gasteiger partial charge in [0.25, 0.3) is 5.56 Å². The van der Waals surface area contributed by atoms with Crippen LogP contribution in [0.2, 0.25) is 0 Å². The fourth-order valence-corrected chi connectivity index (χ4v) is 5.48. The fraction of sp³-hybridized carbons (Fsp3) is 0.480. The van der Waals surface area contributed by atoms with Crippen LogP contribution in [0, 0.1) is 17.8 Å². The van der Waals surface area contributed by atoms with E-state index in [1.165, 1.54) is 12.8 Å². The maximum atomic E-state index is 13.3. The minimum atomic E-state index is -0.437. The number of likely N-dealkylation sites (tertiary alicyclic amines) is 1. The van der Waals surface area contributed by atoms with Gasteiger partial charge < -0.3 is 15.0 Å². The Hall–Kier alpha value is -2.77. The van der Waals surface area contributed by atoms with Crippen molar-refractivity contribution >= 4 is 12.0 Å². The molecule has 4 atom stereocenters. The van der Waals surface area contributed by atoms with Crippen molar-refractivity contribution in [3.63, 3.8) is 0 Å². The average Bonchev–Trinajstić information content (AvgIpc) is 3.48. The number of aliphatic hydroxyl groups excluding tert-OH is 1. The van der Waals surface area contributed by atoms with Crippen molar-refractivity contribution in [3.05, 3.63) is 69.9 Å². The van der Waals surface area contributed by atoms with E-state index < -0.39 is 6.04 Å². The Balaban J connectivity index is 1.53. The summed E-state index contributed by atoms with van der Waals surface area (Å²) in [5.74, 6) is 0.333. The van der Waals surface area contributed by atoms with Gasteiger partial charge in [-0.05, 0) is 49.4 Å². The number of carbonyl (C=O) groups excluding carboxylic acids is 1. The number of aliphatic hydroxyl groups is 1. The summed E-state index contributed by atoms with van der Waals surface area (Å²) < 4.78 is 1.84. The number of fused-ring (bicyclic) bond motifs is 3. The first-order chi connectivity index (χ1) is 15.6. The number of hydrogen-bond donors (Lipinski definition) is 2. The van der Waals surface area contributed by atoms with E-state index in [9.17, 15) is 14.7 Å². The molecule has 0 bridgehead atoms. The number of hydrogen-bond acceptors (Lipinski definition) is 5. The number of nitrogens with one attached hydrogen (secondary N) is 1. The molecule has 0 unspecified atom stereocenters. The van der Waals surface area contributed by atoms with Crippen LogP contribution in [0.1, 0.15) is 42.6 Å². The van der Waals surface area contributed by atoms with Gasteiger partial charge in [-0.1, -0.05) is 18.2 Å². The molecule has 2 aliphatic heterocycles. The first-order valence-electron chi connectivity index (χ1n) is 11.5. The average molecular weight is 435 g/mol. The summed E-state index contributed by atoms with van der Waals surface area (Å²) in [7, 11) is 0. The van der Waals surface area contributed by atoms with E-state index in [2.05, 4.69) is 15.2 Å². The molecule has 7 heteroatoms. The molecular weight excluding hydrogens is 404 g/mol. The lowest BCUT2D eigenvalue weighted by Crippen LogP contribution is -2.48. The van der Waals surface area contributed by atoms with Crippen molar-refractivity contribution in [2.24, 2.45) is 17.8 Å². The Kier molecular flexibility index (Phi) is 5.69. The summed E-state index contributed by atoms with van der Waals surface area (Å²) in [5.41, 5.74) is 2.58. The maximum absolute atomic E-state index is 13.3. The molecule has 32 heavy (non-hydrogen) atoms. The molecule has 168 valence electrons. The van der Waals surface area contributed by atoms with Crippen LogP contribution in [-0.4, -0.2) is 44.7 Å². The zero-order valence-corrected chi connectivity index (χ0v) is 18.4. The van der Waals surface area contributed by atoms with Crippen molar-refractivity contribution < 1.29 is 9.90 Å². The molecule has 2 fully saturated rings. The molecule has 3 aliphatic rings. The molecule has 5 rings (SSSR count). The molecule has 2 aromatic heterocycles. The van der Waals surface area contributed by atoms with E-state index in [-0.39, 0.29) is 36.0 Å². The van der Waals surface area contributed by atoms with Crippen LogP contribution in [0.25, 0.3) is 6.08 Å². The summed E-state index contributed by atoms with van der Waals surface area (Å²) >= 11 is 0. The van der Waals surface area contributed by atoms with Crippen LogP contribution in [0.4, 0.5) is 0 Å². The van der Waals surface area contributed by atoms with Crippen molar-refractivity contribution in [1.29, 1.82) is 0 Å². The van der Waals surface area contributed by atoms with Gasteiger partial charge in [-0.2, -0.15) is 0 Å². The number of rotatable bonds is 7. The Bertz CT molecular complexity index is 1080. The molecule has 1 amide bonds. The Labute approximate surface area is 187 Å². The number of pyridine rings is 2. The second-order valence-corrected chi connectivity index (χ2v) is 9.25. The lowest BCUT2D eigenvalue weighted by Gasteiger charge is -2.30. The molecule has 0 spiro atoms. The second-order valence-electron chi connectivity index (χ2n) is 9.25. The van der Waals surface area contributed by atoms with E-state index in [0.29, 0.717) is 31.1 Å². The Morgan fingerprint density at radius 3 is 2.84 bits per heavy atom. The summed E-state index contributed by atoms with van der Waals surface area (Å²) in [6, 6.07) is 7.24. The molecule has 1 saturated carbocycles. The molecule has 1 aliphatic carbocycles. The molecule has 0 radical (unpaired) electrons. The SMILES string of the molecule is C/C=C/c1ccc2n(c1=O)C[C@H]1[C@H](CO)[C@@H](C(=O)NCC3CC3)N(Cc3cccnc3)[C@@H]21. The van der Waals surface area contributed by atoms with Gasteiger partial charge in [-0.3, -0.25) is 19.5 Å². The zero-order chi connectivity index (χ0) is 22.2. The van der Waals surface area contributed by atoms with E-state index >= 15 is 0 Å². The standard InChI is InChI=1S/C25H30N4O3/c1-2-4-18-8-9-21-22-19(14-28(21)25(18)32)20(15-30)23(24(31)27-12-16-6-7-16)29(22)13-17-5-3-10-26-11-17/h2-5,8-11,16,19-20,22-23,30H,6-7,12-15H2,1H3,(H,27,31)/b4-2+/t19-,20-,22+,23-/m0/s1. The maximum Gasteiger partial charge on any atom is 0.258 e. The zero-order valence-electron chi connectivity index (χ0n) is 18.4. The van der Waals surface area contributed by atoms with Crippen LogP contribution in [0.3, 0.4) is 0 Å². The molecule has 2 aromatic rings. The lowest BCUT2D eigenvalue weighted by molar-refractivity contribution is -0.128. The normalized spacial score (nSPS) is 26.9. The minimum Gasteiger partial charge on any atom is -0.396 e. The van der Waals surface area contributed by atoms with Gasteiger partial charge >= 0.3 is 0 Å². The highest BCUT2D eigenvalue weighted by atomic mass is 16.3. The molecular formula is C25H30N4O3. The predicted octanol–water partition coefficient (Wildman–Crippen LogP) is 1.97. The number of amides is 1. The lowest BCUT2D eigenvalue weighted by atomic mass is 9.88. The van der Waals surface area contributed by atoms with Gasteiger partial charge in [0.1, 0.15) is 0 Å². The van der Waals surface area contributed by atoms with Crippen LogP contribution >= 0.6 is 0 Å². The molecule has 1 saturated heterocycles. The number of allylic oxidation sites excluding steroid dienone is 1. The predicted molar refractivity (Wildman–Crippen MR) is 122 cm³/mol. The monoisotopic (exact) mass is 434 g/mol.